The Kier molecular flexibility index (Phi) is 5.15. The minimum atomic E-state index is -0.190. The molecular formula is C12H22N4O. The van der Waals surface area contributed by atoms with Crippen molar-refractivity contribution in [1.29, 1.82) is 0 Å². The quantitative estimate of drug-likeness (QED) is 0.766. The third-order valence-corrected chi connectivity index (χ3v) is 2.80. The molecule has 1 heterocycles. The average molecular weight is 238 g/mol. The molecule has 0 radical (unpaired) electrons. The van der Waals surface area contributed by atoms with E-state index in [9.17, 15) is 4.79 Å². The number of aromatic nitrogens is 2. The van der Waals surface area contributed by atoms with Gasteiger partial charge in [-0.15, -0.1) is 0 Å². The van der Waals surface area contributed by atoms with Gasteiger partial charge in [0.1, 0.15) is 0 Å². The molecule has 0 fully saturated rings. The molecule has 17 heavy (non-hydrogen) atoms. The van der Waals surface area contributed by atoms with Crippen LogP contribution >= 0.6 is 0 Å². The Bertz CT molecular complexity index is 373. The van der Waals surface area contributed by atoms with Gasteiger partial charge in [0.15, 0.2) is 0 Å². The second-order valence-electron chi connectivity index (χ2n) is 4.01. The Morgan fingerprint density at radius 2 is 2.24 bits per heavy atom. The van der Waals surface area contributed by atoms with Crippen LogP contribution in [0.2, 0.25) is 0 Å². The van der Waals surface area contributed by atoms with Crippen molar-refractivity contribution in [2.24, 2.45) is 0 Å². The molecule has 0 bridgehead atoms. The first-order valence-corrected chi connectivity index (χ1v) is 6.12. The third-order valence-electron chi connectivity index (χ3n) is 2.80. The lowest BCUT2D eigenvalue weighted by atomic mass is 10.2. The molecule has 1 aromatic heterocycles. The van der Waals surface area contributed by atoms with Gasteiger partial charge in [0.05, 0.1) is 17.4 Å². The van der Waals surface area contributed by atoms with E-state index in [0.29, 0.717) is 6.54 Å². The van der Waals surface area contributed by atoms with Gasteiger partial charge in [-0.3, -0.25) is 9.48 Å². The van der Waals surface area contributed by atoms with Gasteiger partial charge in [-0.05, 0) is 26.3 Å². The van der Waals surface area contributed by atoms with E-state index in [-0.39, 0.29) is 11.9 Å². The highest BCUT2D eigenvalue weighted by atomic mass is 16.2. The van der Waals surface area contributed by atoms with Crippen LogP contribution in [0.1, 0.15) is 32.2 Å². The first-order chi connectivity index (χ1) is 8.12. The molecule has 0 saturated heterocycles. The van der Waals surface area contributed by atoms with Crippen LogP contribution in [0.5, 0.6) is 0 Å². The van der Waals surface area contributed by atoms with Crippen LogP contribution in [0, 0.1) is 0 Å². The Morgan fingerprint density at radius 1 is 1.53 bits per heavy atom. The van der Waals surface area contributed by atoms with E-state index in [2.05, 4.69) is 35.6 Å². The van der Waals surface area contributed by atoms with E-state index in [1.807, 2.05) is 11.6 Å². The number of aryl methyl sites for hydroxylation is 2. The van der Waals surface area contributed by atoms with Gasteiger partial charge in [0, 0.05) is 20.1 Å². The maximum atomic E-state index is 11.4. The van der Waals surface area contributed by atoms with Crippen molar-refractivity contribution in [3.63, 3.8) is 0 Å². The fourth-order valence-electron chi connectivity index (χ4n) is 1.67. The second-order valence-corrected chi connectivity index (χ2v) is 4.01. The summed E-state index contributed by atoms with van der Waals surface area (Å²) in [4.78, 5) is 11.4. The van der Waals surface area contributed by atoms with Gasteiger partial charge in [0.2, 0.25) is 5.91 Å². The number of hydrogen-bond acceptors (Lipinski definition) is 3. The lowest BCUT2D eigenvalue weighted by Gasteiger charge is -2.12. The van der Waals surface area contributed by atoms with Crippen molar-refractivity contribution in [1.82, 2.24) is 20.4 Å². The standard InChI is InChI=1S/C12H22N4O/c1-5-10-7-11(16(6-2)15-10)8-14-9(3)12(17)13-4/h7,9,14H,5-6,8H2,1-4H3,(H,13,17). The highest BCUT2D eigenvalue weighted by Gasteiger charge is 2.11. The molecule has 5 heteroatoms. The molecule has 5 nitrogen and oxygen atoms in total. The Balaban J connectivity index is 2.62. The fourth-order valence-corrected chi connectivity index (χ4v) is 1.67. The van der Waals surface area contributed by atoms with Gasteiger partial charge in [0.25, 0.3) is 0 Å². The summed E-state index contributed by atoms with van der Waals surface area (Å²) in [5, 5.41) is 10.3. The molecule has 0 spiro atoms. The van der Waals surface area contributed by atoms with Gasteiger partial charge in [-0.25, -0.2) is 0 Å². The van der Waals surface area contributed by atoms with Crippen molar-refractivity contribution in [2.45, 2.75) is 46.3 Å². The summed E-state index contributed by atoms with van der Waals surface area (Å²) in [5.41, 5.74) is 2.22. The fraction of sp³-hybridized carbons (Fsp3) is 0.667. The molecule has 1 atom stereocenters. The summed E-state index contributed by atoms with van der Waals surface area (Å²) in [6.45, 7) is 7.53. The van der Waals surface area contributed by atoms with Crippen LogP contribution in [0.15, 0.2) is 6.07 Å². The Morgan fingerprint density at radius 3 is 2.76 bits per heavy atom. The average Bonchev–Trinajstić information content (AvgIpc) is 2.77. The van der Waals surface area contributed by atoms with E-state index < -0.39 is 0 Å². The number of rotatable bonds is 6. The molecule has 0 aliphatic heterocycles. The topological polar surface area (TPSA) is 59.0 Å². The van der Waals surface area contributed by atoms with Crippen LogP contribution in [0.25, 0.3) is 0 Å². The monoisotopic (exact) mass is 238 g/mol. The summed E-state index contributed by atoms with van der Waals surface area (Å²) in [5.74, 6) is 0.00304. The third kappa shape index (κ3) is 3.56. The summed E-state index contributed by atoms with van der Waals surface area (Å²) in [6.07, 6.45) is 0.936. The molecule has 0 aromatic carbocycles. The van der Waals surface area contributed by atoms with Gasteiger partial charge < -0.3 is 10.6 Å². The number of carbonyl (C=O) groups is 1. The summed E-state index contributed by atoms with van der Waals surface area (Å²) < 4.78 is 1.97. The summed E-state index contributed by atoms with van der Waals surface area (Å²) in [7, 11) is 1.64. The molecule has 2 N–H and O–H groups in total. The van der Waals surface area contributed by atoms with Crippen LogP contribution in [-0.4, -0.2) is 28.8 Å². The largest absolute Gasteiger partial charge is 0.358 e. The van der Waals surface area contributed by atoms with Gasteiger partial charge in [-0.1, -0.05) is 6.92 Å². The van der Waals surface area contributed by atoms with Gasteiger partial charge >= 0.3 is 0 Å². The zero-order valence-electron chi connectivity index (χ0n) is 11.1. The van der Waals surface area contributed by atoms with Crippen molar-refractivity contribution in [3.05, 3.63) is 17.5 Å². The zero-order chi connectivity index (χ0) is 12.8. The predicted molar refractivity (Wildman–Crippen MR) is 67.6 cm³/mol. The molecule has 1 rings (SSSR count). The van der Waals surface area contributed by atoms with E-state index in [0.717, 1.165) is 24.4 Å². The lowest BCUT2D eigenvalue weighted by molar-refractivity contribution is -0.122. The van der Waals surface area contributed by atoms with Crippen molar-refractivity contribution >= 4 is 5.91 Å². The maximum Gasteiger partial charge on any atom is 0.236 e. The molecule has 1 unspecified atom stereocenters. The van der Waals surface area contributed by atoms with E-state index >= 15 is 0 Å². The van der Waals surface area contributed by atoms with E-state index in [1.54, 1.807) is 7.05 Å². The first-order valence-electron chi connectivity index (χ1n) is 6.12. The minimum Gasteiger partial charge on any atom is -0.358 e. The molecular weight excluding hydrogens is 216 g/mol. The van der Waals surface area contributed by atoms with Crippen LogP contribution in [0.3, 0.4) is 0 Å². The Labute approximate surface area is 103 Å². The molecule has 0 aliphatic rings. The smallest absolute Gasteiger partial charge is 0.236 e. The molecule has 1 aromatic rings. The number of carbonyl (C=O) groups excluding carboxylic acids is 1. The van der Waals surface area contributed by atoms with Crippen molar-refractivity contribution in [3.8, 4) is 0 Å². The van der Waals surface area contributed by atoms with Crippen molar-refractivity contribution < 1.29 is 4.79 Å². The number of hydrogen-bond donors (Lipinski definition) is 2. The summed E-state index contributed by atoms with van der Waals surface area (Å²) >= 11 is 0. The zero-order valence-corrected chi connectivity index (χ0v) is 11.1. The maximum absolute atomic E-state index is 11.4. The molecule has 0 aliphatic carbocycles. The van der Waals surface area contributed by atoms with E-state index in [4.69, 9.17) is 0 Å². The number of likely N-dealkylation sites (N-methyl/N-ethyl adjacent to an activating group) is 1. The second kappa shape index (κ2) is 6.39. The van der Waals surface area contributed by atoms with Crippen molar-refractivity contribution in [2.75, 3.05) is 7.05 Å². The highest BCUT2D eigenvalue weighted by Crippen LogP contribution is 2.05. The minimum absolute atomic E-state index is 0.00304. The molecule has 96 valence electrons. The van der Waals surface area contributed by atoms with Crippen LogP contribution < -0.4 is 10.6 Å². The molecule has 0 saturated carbocycles. The number of nitrogens with zero attached hydrogens (tertiary/aromatic N) is 2. The molecule has 1 amide bonds. The first kappa shape index (κ1) is 13.7. The predicted octanol–water partition coefficient (Wildman–Crippen LogP) is 0.689. The van der Waals surface area contributed by atoms with Crippen LogP contribution in [-0.2, 0) is 24.3 Å². The summed E-state index contributed by atoms with van der Waals surface area (Å²) in [6, 6.07) is 1.90. The number of amides is 1. The SMILES string of the molecule is CCc1cc(CNC(C)C(=O)NC)n(CC)n1. The van der Waals surface area contributed by atoms with Crippen LogP contribution in [0.4, 0.5) is 0 Å². The normalized spacial score (nSPS) is 12.5. The highest BCUT2D eigenvalue weighted by molar-refractivity contribution is 5.80. The lowest BCUT2D eigenvalue weighted by Crippen LogP contribution is -2.40. The van der Waals surface area contributed by atoms with Gasteiger partial charge in [-0.2, -0.15) is 5.10 Å². The number of nitrogens with one attached hydrogen (secondary N) is 2. The Hall–Kier alpha value is -1.36. The van der Waals surface area contributed by atoms with E-state index in [1.165, 1.54) is 0 Å².